The minimum atomic E-state index is -2.96. The molecule has 11 nitrogen and oxygen atoms in total. The molecule has 0 saturated heterocycles. The second-order valence-electron chi connectivity index (χ2n) is 3.69. The maximum absolute atomic E-state index is 11.1. The quantitative estimate of drug-likeness (QED) is 0.167. The zero-order valence-corrected chi connectivity index (χ0v) is 10.2. The van der Waals surface area contributed by atoms with Crippen LogP contribution in [0.3, 0.4) is 0 Å². The SMILES string of the molecule is O=C(O)/C=C(\OC(CC(=O)O)(CC(=O)O)C(=O)O)C(=O)O.[NaH].[NaH]. The second-order valence-corrected chi connectivity index (χ2v) is 3.69. The molecule has 0 heterocycles. The molecule has 0 fully saturated rings. The number of carboxylic acid groups (broad SMARTS) is 5. The van der Waals surface area contributed by atoms with E-state index in [-0.39, 0.29) is 65.2 Å². The molecule has 120 valence electrons. The van der Waals surface area contributed by atoms with Gasteiger partial charge in [-0.3, -0.25) is 9.59 Å². The van der Waals surface area contributed by atoms with E-state index in [1.807, 2.05) is 0 Å². The molecule has 0 aliphatic rings. The Morgan fingerprint density at radius 2 is 1.22 bits per heavy atom. The van der Waals surface area contributed by atoms with Crippen molar-refractivity contribution in [3.8, 4) is 0 Å². The van der Waals surface area contributed by atoms with Gasteiger partial charge in [-0.05, 0) is 0 Å². The number of rotatable bonds is 9. The molecule has 5 N–H and O–H groups in total. The van der Waals surface area contributed by atoms with E-state index in [2.05, 4.69) is 4.74 Å². The van der Waals surface area contributed by atoms with Gasteiger partial charge in [0.15, 0.2) is 0 Å². The standard InChI is InChI=1S/C10H10O11.2Na.2H/c11-5(12)1-4(8(17)18)21-10(9(19)20,2-6(13)14)3-7(15)16;;;;/h1H,2-3H2,(H,11,12)(H,13,14)(H,15,16)(H,17,18)(H,19,20);;;;/b4-1-;;;;. The van der Waals surface area contributed by atoms with Crippen molar-refractivity contribution in [2.24, 2.45) is 0 Å². The summed E-state index contributed by atoms with van der Waals surface area (Å²) in [6.07, 6.45) is -2.80. The summed E-state index contributed by atoms with van der Waals surface area (Å²) >= 11 is 0. The van der Waals surface area contributed by atoms with Crippen LogP contribution in [-0.4, -0.2) is 120 Å². The fourth-order valence-corrected chi connectivity index (χ4v) is 1.28. The first-order chi connectivity index (χ1) is 9.50. The zero-order chi connectivity index (χ0) is 16.8. The third-order valence-electron chi connectivity index (χ3n) is 2.03. The van der Waals surface area contributed by atoms with Crippen LogP contribution in [0.15, 0.2) is 11.8 Å². The molecule has 0 radical (unpaired) electrons. The van der Waals surface area contributed by atoms with Crippen molar-refractivity contribution in [2.45, 2.75) is 18.4 Å². The minimum absolute atomic E-state index is 0. The van der Waals surface area contributed by atoms with Crippen LogP contribution in [0.1, 0.15) is 12.8 Å². The Bertz CT molecular complexity index is 509. The molecule has 0 saturated carbocycles. The van der Waals surface area contributed by atoms with E-state index in [9.17, 15) is 24.0 Å². The van der Waals surface area contributed by atoms with Gasteiger partial charge >= 0.3 is 89.0 Å². The number of carbonyl (C=O) groups is 5. The van der Waals surface area contributed by atoms with Crippen LogP contribution in [0.4, 0.5) is 0 Å². The molecule has 0 unspecified atom stereocenters. The van der Waals surface area contributed by atoms with Crippen LogP contribution in [-0.2, 0) is 28.7 Å². The van der Waals surface area contributed by atoms with Gasteiger partial charge in [0, 0.05) is 0 Å². The van der Waals surface area contributed by atoms with Crippen LogP contribution >= 0.6 is 0 Å². The first-order valence-corrected chi connectivity index (χ1v) is 5.04. The van der Waals surface area contributed by atoms with Gasteiger partial charge in [0.2, 0.25) is 11.4 Å². The number of ether oxygens (including phenoxy) is 1. The van der Waals surface area contributed by atoms with E-state index in [0.717, 1.165) is 0 Å². The average Bonchev–Trinajstić information content (AvgIpc) is 2.24. The Morgan fingerprint density at radius 3 is 1.43 bits per heavy atom. The fourth-order valence-electron chi connectivity index (χ4n) is 1.28. The molecule has 0 aliphatic carbocycles. The van der Waals surface area contributed by atoms with Crippen molar-refractivity contribution in [3.05, 3.63) is 11.8 Å². The number of hydrogen-bond donors (Lipinski definition) is 5. The molecule has 0 amide bonds. The summed E-state index contributed by atoms with van der Waals surface area (Å²) in [5, 5.41) is 43.3. The van der Waals surface area contributed by atoms with E-state index >= 15 is 0 Å². The molecule has 0 spiro atoms. The summed E-state index contributed by atoms with van der Waals surface area (Å²) in [6, 6.07) is 0. The van der Waals surface area contributed by atoms with Crippen LogP contribution in [0.2, 0.25) is 0 Å². The van der Waals surface area contributed by atoms with Crippen molar-refractivity contribution in [1.82, 2.24) is 0 Å². The number of aliphatic carboxylic acids is 5. The maximum atomic E-state index is 11.1. The van der Waals surface area contributed by atoms with Crippen molar-refractivity contribution in [1.29, 1.82) is 0 Å². The third-order valence-corrected chi connectivity index (χ3v) is 2.03. The Hall–Kier alpha value is -1.11. The van der Waals surface area contributed by atoms with E-state index in [0.29, 0.717) is 0 Å². The van der Waals surface area contributed by atoms with Gasteiger partial charge in [-0.1, -0.05) is 0 Å². The molecule has 0 aliphatic heterocycles. The summed E-state index contributed by atoms with van der Waals surface area (Å²) in [7, 11) is 0. The van der Waals surface area contributed by atoms with Crippen molar-refractivity contribution < 1.29 is 54.2 Å². The molecule has 0 aromatic carbocycles. The second kappa shape index (κ2) is 11.4. The van der Waals surface area contributed by atoms with Crippen LogP contribution in [0, 0.1) is 0 Å². The van der Waals surface area contributed by atoms with Crippen molar-refractivity contribution >= 4 is 89.0 Å². The Kier molecular flexibility index (Phi) is 13.3. The van der Waals surface area contributed by atoms with Gasteiger partial charge in [-0.25, -0.2) is 14.4 Å². The summed E-state index contributed by atoms with van der Waals surface area (Å²) < 4.78 is 4.41. The van der Waals surface area contributed by atoms with Crippen LogP contribution in [0.25, 0.3) is 0 Å². The monoisotopic (exact) mass is 354 g/mol. The molecular weight excluding hydrogens is 342 g/mol. The van der Waals surface area contributed by atoms with E-state index in [4.69, 9.17) is 25.5 Å². The van der Waals surface area contributed by atoms with E-state index < -0.39 is 54.0 Å². The topological polar surface area (TPSA) is 196 Å². The summed E-state index contributed by atoms with van der Waals surface area (Å²) in [4.78, 5) is 53.6. The summed E-state index contributed by atoms with van der Waals surface area (Å²) in [5.74, 6) is -10.8. The molecule has 13 heteroatoms. The van der Waals surface area contributed by atoms with Crippen LogP contribution in [0.5, 0.6) is 0 Å². The first-order valence-electron chi connectivity index (χ1n) is 5.04. The number of hydrogen-bond acceptors (Lipinski definition) is 6. The van der Waals surface area contributed by atoms with Crippen LogP contribution < -0.4 is 0 Å². The van der Waals surface area contributed by atoms with Gasteiger partial charge in [-0.15, -0.1) is 0 Å². The van der Waals surface area contributed by atoms with Gasteiger partial charge in [0.05, 0.1) is 18.9 Å². The molecule has 0 rings (SSSR count). The molecule has 0 aromatic rings. The van der Waals surface area contributed by atoms with Gasteiger partial charge in [0.25, 0.3) is 0 Å². The first kappa shape index (κ1) is 26.8. The molecule has 0 bridgehead atoms. The molecular formula is C10H12Na2O11. The summed E-state index contributed by atoms with van der Waals surface area (Å²) in [5.41, 5.74) is -2.96. The van der Waals surface area contributed by atoms with Crippen molar-refractivity contribution in [2.75, 3.05) is 0 Å². The Balaban J connectivity index is -0.00000200. The number of carboxylic acids is 5. The predicted molar refractivity (Wildman–Crippen MR) is 73.6 cm³/mol. The molecule has 0 aromatic heterocycles. The fraction of sp³-hybridized carbons (Fsp3) is 0.300. The van der Waals surface area contributed by atoms with Gasteiger partial charge < -0.3 is 30.3 Å². The van der Waals surface area contributed by atoms with Crippen molar-refractivity contribution in [3.63, 3.8) is 0 Å². The van der Waals surface area contributed by atoms with E-state index in [1.54, 1.807) is 0 Å². The summed E-state index contributed by atoms with van der Waals surface area (Å²) in [6.45, 7) is 0. The third kappa shape index (κ3) is 9.58. The van der Waals surface area contributed by atoms with Gasteiger partial charge in [0.1, 0.15) is 0 Å². The van der Waals surface area contributed by atoms with E-state index in [1.165, 1.54) is 0 Å². The molecule has 23 heavy (non-hydrogen) atoms. The Morgan fingerprint density at radius 1 is 0.826 bits per heavy atom. The Labute approximate surface area is 172 Å². The zero-order valence-electron chi connectivity index (χ0n) is 10.2. The predicted octanol–water partition coefficient (Wildman–Crippen LogP) is -2.47. The average molecular weight is 354 g/mol. The molecule has 0 atom stereocenters. The van der Waals surface area contributed by atoms with Gasteiger partial charge in [-0.2, -0.15) is 0 Å². The normalized spacial score (nSPS) is 10.5.